The van der Waals surface area contributed by atoms with E-state index in [2.05, 4.69) is 5.32 Å². The highest BCUT2D eigenvalue weighted by Gasteiger charge is 2.25. The molecule has 1 aromatic rings. The standard InChI is InChI=1S/C14H21N3O/c1-2-17(13-8-3-4-9-13)14(18)16-12-7-5-6-11(15)10-12/h5-7,10,13H,2-4,8-9,15H2,1H3,(H,16,18). The molecule has 1 aliphatic carbocycles. The summed E-state index contributed by atoms with van der Waals surface area (Å²) < 4.78 is 0. The van der Waals surface area contributed by atoms with Crippen molar-refractivity contribution in [2.75, 3.05) is 17.6 Å². The number of urea groups is 1. The third-order valence-electron chi connectivity index (χ3n) is 3.50. The zero-order chi connectivity index (χ0) is 13.0. The van der Waals surface area contributed by atoms with Crippen LogP contribution in [-0.2, 0) is 0 Å². The van der Waals surface area contributed by atoms with E-state index < -0.39 is 0 Å². The van der Waals surface area contributed by atoms with Crippen LogP contribution in [0.3, 0.4) is 0 Å². The van der Waals surface area contributed by atoms with Gasteiger partial charge in [0.05, 0.1) is 0 Å². The predicted octanol–water partition coefficient (Wildman–Crippen LogP) is 3.07. The molecule has 1 fully saturated rings. The van der Waals surface area contributed by atoms with Gasteiger partial charge < -0.3 is 16.0 Å². The molecule has 1 aliphatic rings. The lowest BCUT2D eigenvalue weighted by molar-refractivity contribution is 0.192. The summed E-state index contributed by atoms with van der Waals surface area (Å²) >= 11 is 0. The molecular weight excluding hydrogens is 226 g/mol. The van der Waals surface area contributed by atoms with Crippen molar-refractivity contribution in [1.29, 1.82) is 0 Å². The lowest BCUT2D eigenvalue weighted by Gasteiger charge is -2.27. The van der Waals surface area contributed by atoms with Gasteiger partial charge in [0.1, 0.15) is 0 Å². The van der Waals surface area contributed by atoms with Crippen molar-refractivity contribution < 1.29 is 4.79 Å². The van der Waals surface area contributed by atoms with Gasteiger partial charge in [-0.1, -0.05) is 18.9 Å². The molecule has 4 nitrogen and oxygen atoms in total. The molecule has 0 aliphatic heterocycles. The Morgan fingerprint density at radius 2 is 2.17 bits per heavy atom. The van der Waals surface area contributed by atoms with E-state index in [0.717, 1.165) is 25.1 Å². The van der Waals surface area contributed by atoms with E-state index in [9.17, 15) is 4.79 Å². The molecule has 4 heteroatoms. The SMILES string of the molecule is CCN(C(=O)Nc1cccc(N)c1)C1CCCC1. The highest BCUT2D eigenvalue weighted by atomic mass is 16.2. The van der Waals surface area contributed by atoms with Gasteiger partial charge in [0.2, 0.25) is 0 Å². The van der Waals surface area contributed by atoms with Crippen LogP contribution in [0.2, 0.25) is 0 Å². The average molecular weight is 247 g/mol. The van der Waals surface area contributed by atoms with Crippen molar-refractivity contribution in [3.05, 3.63) is 24.3 Å². The van der Waals surface area contributed by atoms with Gasteiger partial charge in [-0.05, 0) is 38.0 Å². The van der Waals surface area contributed by atoms with Gasteiger partial charge in [-0.3, -0.25) is 0 Å². The van der Waals surface area contributed by atoms with Gasteiger partial charge in [0, 0.05) is 24.0 Å². The van der Waals surface area contributed by atoms with Crippen molar-refractivity contribution in [3.8, 4) is 0 Å². The zero-order valence-electron chi connectivity index (χ0n) is 10.9. The molecule has 0 spiro atoms. The average Bonchev–Trinajstić information content (AvgIpc) is 2.83. The van der Waals surface area contributed by atoms with Crippen molar-refractivity contribution in [1.82, 2.24) is 4.90 Å². The van der Waals surface area contributed by atoms with E-state index in [0.29, 0.717) is 11.7 Å². The van der Waals surface area contributed by atoms with Crippen molar-refractivity contribution in [2.45, 2.75) is 38.6 Å². The molecule has 1 aromatic carbocycles. The third-order valence-corrected chi connectivity index (χ3v) is 3.50. The monoisotopic (exact) mass is 247 g/mol. The molecule has 0 saturated heterocycles. The largest absolute Gasteiger partial charge is 0.399 e. The van der Waals surface area contributed by atoms with Gasteiger partial charge in [-0.15, -0.1) is 0 Å². The summed E-state index contributed by atoms with van der Waals surface area (Å²) in [5, 5.41) is 2.92. The molecule has 0 atom stereocenters. The molecule has 0 radical (unpaired) electrons. The van der Waals surface area contributed by atoms with Gasteiger partial charge in [-0.2, -0.15) is 0 Å². The minimum absolute atomic E-state index is 0.0185. The second-order valence-electron chi connectivity index (χ2n) is 4.78. The number of benzene rings is 1. The van der Waals surface area contributed by atoms with Crippen LogP contribution in [0.15, 0.2) is 24.3 Å². The summed E-state index contributed by atoms with van der Waals surface area (Å²) in [6.45, 7) is 2.77. The molecule has 0 bridgehead atoms. The second-order valence-corrected chi connectivity index (χ2v) is 4.78. The molecular formula is C14H21N3O. The van der Waals surface area contributed by atoms with Crippen LogP contribution in [0.4, 0.5) is 16.2 Å². The van der Waals surface area contributed by atoms with Crippen LogP contribution in [0, 0.1) is 0 Å². The van der Waals surface area contributed by atoms with Crippen LogP contribution >= 0.6 is 0 Å². The summed E-state index contributed by atoms with van der Waals surface area (Å²) in [5.74, 6) is 0. The number of hydrogen-bond acceptors (Lipinski definition) is 2. The first-order valence-electron chi connectivity index (χ1n) is 6.64. The topological polar surface area (TPSA) is 58.4 Å². The van der Waals surface area contributed by atoms with Crippen molar-refractivity contribution >= 4 is 17.4 Å². The first-order valence-corrected chi connectivity index (χ1v) is 6.64. The fraction of sp³-hybridized carbons (Fsp3) is 0.500. The minimum Gasteiger partial charge on any atom is -0.399 e. The number of anilines is 2. The number of nitrogens with zero attached hydrogens (tertiary/aromatic N) is 1. The fourth-order valence-electron chi connectivity index (χ4n) is 2.60. The molecule has 0 aromatic heterocycles. The van der Waals surface area contributed by atoms with Crippen molar-refractivity contribution in [3.63, 3.8) is 0 Å². The van der Waals surface area contributed by atoms with Crippen LogP contribution in [-0.4, -0.2) is 23.5 Å². The smallest absolute Gasteiger partial charge is 0.322 e. The Morgan fingerprint density at radius 1 is 1.44 bits per heavy atom. The van der Waals surface area contributed by atoms with E-state index in [1.165, 1.54) is 12.8 Å². The van der Waals surface area contributed by atoms with Gasteiger partial charge >= 0.3 is 6.03 Å². The Bertz CT molecular complexity index is 413. The summed E-state index contributed by atoms with van der Waals surface area (Å²) in [5.41, 5.74) is 7.12. The van der Waals surface area contributed by atoms with E-state index in [4.69, 9.17) is 5.73 Å². The molecule has 0 heterocycles. The van der Waals surface area contributed by atoms with Gasteiger partial charge in [0.25, 0.3) is 0 Å². The number of nitrogens with two attached hydrogens (primary N) is 1. The van der Waals surface area contributed by atoms with Gasteiger partial charge in [0.15, 0.2) is 0 Å². The number of rotatable bonds is 3. The number of carbonyl (C=O) groups is 1. The number of carbonyl (C=O) groups excluding carboxylic acids is 1. The van der Waals surface area contributed by atoms with Crippen LogP contribution < -0.4 is 11.1 Å². The van der Waals surface area contributed by atoms with Crippen molar-refractivity contribution in [2.24, 2.45) is 0 Å². The second kappa shape index (κ2) is 5.76. The maximum absolute atomic E-state index is 12.2. The van der Waals surface area contributed by atoms with E-state index in [-0.39, 0.29) is 6.03 Å². The molecule has 0 unspecified atom stereocenters. The molecule has 2 amide bonds. The molecule has 2 rings (SSSR count). The Labute approximate surface area is 108 Å². The van der Waals surface area contributed by atoms with Crippen LogP contribution in [0.25, 0.3) is 0 Å². The van der Waals surface area contributed by atoms with E-state index in [1.807, 2.05) is 30.0 Å². The number of nitrogen functional groups attached to an aromatic ring is 1. The maximum atomic E-state index is 12.2. The van der Waals surface area contributed by atoms with Gasteiger partial charge in [-0.25, -0.2) is 4.79 Å². The molecule has 3 N–H and O–H groups in total. The van der Waals surface area contributed by atoms with Crippen LogP contribution in [0.1, 0.15) is 32.6 Å². The summed E-state index contributed by atoms with van der Waals surface area (Å²) in [4.78, 5) is 14.1. The normalized spacial score (nSPS) is 15.6. The summed E-state index contributed by atoms with van der Waals surface area (Å²) in [6.07, 6.45) is 4.70. The zero-order valence-corrected chi connectivity index (χ0v) is 10.9. The quantitative estimate of drug-likeness (QED) is 0.806. The minimum atomic E-state index is -0.0185. The summed E-state index contributed by atoms with van der Waals surface area (Å²) in [7, 11) is 0. The lowest BCUT2D eigenvalue weighted by atomic mass is 10.2. The fourth-order valence-corrected chi connectivity index (χ4v) is 2.60. The summed E-state index contributed by atoms with van der Waals surface area (Å²) in [6, 6.07) is 7.67. The Morgan fingerprint density at radius 3 is 2.78 bits per heavy atom. The molecule has 98 valence electrons. The first kappa shape index (κ1) is 12.7. The maximum Gasteiger partial charge on any atom is 0.322 e. The third kappa shape index (κ3) is 2.94. The Kier molecular flexibility index (Phi) is 4.07. The first-order chi connectivity index (χ1) is 8.70. The lowest BCUT2D eigenvalue weighted by Crippen LogP contribution is -2.41. The van der Waals surface area contributed by atoms with E-state index >= 15 is 0 Å². The number of hydrogen-bond donors (Lipinski definition) is 2. The highest BCUT2D eigenvalue weighted by molar-refractivity contribution is 5.90. The molecule has 18 heavy (non-hydrogen) atoms. The highest BCUT2D eigenvalue weighted by Crippen LogP contribution is 2.24. The van der Waals surface area contributed by atoms with E-state index in [1.54, 1.807) is 6.07 Å². The van der Waals surface area contributed by atoms with Crippen LogP contribution in [0.5, 0.6) is 0 Å². The Balaban J connectivity index is 2.01. The number of nitrogens with one attached hydrogen (secondary N) is 1. The molecule has 1 saturated carbocycles. The Hall–Kier alpha value is -1.71. The number of amides is 2. The predicted molar refractivity (Wildman–Crippen MR) is 74.5 cm³/mol.